The van der Waals surface area contributed by atoms with Crippen LogP contribution < -0.4 is 10.5 Å². The zero-order valence-electron chi connectivity index (χ0n) is 10.7. The summed E-state index contributed by atoms with van der Waals surface area (Å²) in [6, 6.07) is 6.00. The van der Waals surface area contributed by atoms with Gasteiger partial charge in [-0.2, -0.15) is 0 Å². The Bertz CT molecular complexity index is 354. The lowest BCUT2D eigenvalue weighted by Gasteiger charge is -2.23. The van der Waals surface area contributed by atoms with Crippen LogP contribution in [0.2, 0.25) is 0 Å². The van der Waals surface area contributed by atoms with Crippen molar-refractivity contribution in [2.45, 2.75) is 50.9 Å². The Morgan fingerprint density at radius 1 is 1.06 bits per heavy atom. The number of nitrogen functional groups attached to an aromatic ring is 1. The Hall–Kier alpha value is -1.18. The molecule has 0 bridgehead atoms. The first kappa shape index (κ1) is 12.3. The lowest BCUT2D eigenvalue weighted by atomic mass is 9.85. The summed E-state index contributed by atoms with van der Waals surface area (Å²) in [5.74, 6) is 1.56. The molecule has 1 aliphatic rings. The highest BCUT2D eigenvalue weighted by Gasteiger charge is 2.19. The lowest BCUT2D eigenvalue weighted by molar-refractivity contribution is 0.393. The molecule has 0 radical (unpaired) electrons. The van der Waals surface area contributed by atoms with Gasteiger partial charge in [0.2, 0.25) is 0 Å². The van der Waals surface area contributed by atoms with Gasteiger partial charge in [-0.15, -0.1) is 0 Å². The third kappa shape index (κ3) is 2.93. The van der Waals surface area contributed by atoms with E-state index in [1.807, 2.05) is 18.2 Å². The molecule has 0 heterocycles. The molecule has 1 saturated carbocycles. The Balaban J connectivity index is 2.23. The minimum Gasteiger partial charge on any atom is -0.496 e. The van der Waals surface area contributed by atoms with Crippen LogP contribution in [0.4, 0.5) is 5.69 Å². The minimum absolute atomic E-state index is 0.589. The van der Waals surface area contributed by atoms with Gasteiger partial charge in [0.1, 0.15) is 5.75 Å². The summed E-state index contributed by atoms with van der Waals surface area (Å²) in [4.78, 5) is 0. The first-order chi connectivity index (χ1) is 8.33. The summed E-state index contributed by atoms with van der Waals surface area (Å²) in [5, 5.41) is 0. The molecule has 0 saturated heterocycles. The standard InChI is InChI=1S/C15H23NO/c1-17-14-11-7-10-13(16)15(14)12-8-5-3-2-4-6-9-12/h7,10-12H,2-6,8-9,16H2,1H3. The fraction of sp³-hybridized carbons (Fsp3) is 0.600. The van der Waals surface area contributed by atoms with E-state index in [-0.39, 0.29) is 0 Å². The fourth-order valence-electron chi connectivity index (χ4n) is 2.92. The zero-order chi connectivity index (χ0) is 12.1. The fourth-order valence-corrected chi connectivity index (χ4v) is 2.92. The predicted molar refractivity (Wildman–Crippen MR) is 72.5 cm³/mol. The molecule has 0 atom stereocenters. The second-order valence-electron chi connectivity index (χ2n) is 5.01. The first-order valence-electron chi connectivity index (χ1n) is 6.75. The molecule has 1 aliphatic carbocycles. The number of rotatable bonds is 2. The molecule has 0 aromatic heterocycles. The maximum absolute atomic E-state index is 6.14. The van der Waals surface area contributed by atoms with Gasteiger partial charge in [0.15, 0.2) is 0 Å². The monoisotopic (exact) mass is 233 g/mol. The molecule has 2 rings (SSSR count). The normalized spacial score (nSPS) is 18.4. The van der Waals surface area contributed by atoms with Crippen molar-refractivity contribution >= 4 is 5.69 Å². The van der Waals surface area contributed by atoms with Crippen LogP contribution in [0.3, 0.4) is 0 Å². The molecule has 2 nitrogen and oxygen atoms in total. The van der Waals surface area contributed by atoms with E-state index in [1.165, 1.54) is 50.5 Å². The van der Waals surface area contributed by atoms with Gasteiger partial charge in [0.05, 0.1) is 7.11 Å². The molecule has 1 fully saturated rings. The summed E-state index contributed by atoms with van der Waals surface area (Å²) in [7, 11) is 1.74. The van der Waals surface area contributed by atoms with Crippen molar-refractivity contribution in [2.75, 3.05) is 12.8 Å². The molecule has 0 spiro atoms. The molecule has 1 aromatic rings. The average Bonchev–Trinajstić information content (AvgIpc) is 2.29. The van der Waals surface area contributed by atoms with Crippen molar-refractivity contribution in [2.24, 2.45) is 0 Å². The van der Waals surface area contributed by atoms with Gasteiger partial charge < -0.3 is 10.5 Å². The van der Waals surface area contributed by atoms with Crippen LogP contribution in [-0.2, 0) is 0 Å². The summed E-state index contributed by atoms with van der Waals surface area (Å²) >= 11 is 0. The summed E-state index contributed by atoms with van der Waals surface area (Å²) in [6.45, 7) is 0. The maximum atomic E-state index is 6.14. The molecular formula is C15H23NO. The van der Waals surface area contributed by atoms with Gasteiger partial charge in [-0.1, -0.05) is 38.2 Å². The number of hydrogen-bond donors (Lipinski definition) is 1. The van der Waals surface area contributed by atoms with Crippen molar-refractivity contribution in [1.29, 1.82) is 0 Å². The van der Waals surface area contributed by atoms with E-state index in [9.17, 15) is 0 Å². The molecule has 17 heavy (non-hydrogen) atoms. The quantitative estimate of drug-likeness (QED) is 0.780. The predicted octanol–water partition coefficient (Wildman–Crippen LogP) is 4.11. The number of methoxy groups -OCH3 is 1. The van der Waals surface area contributed by atoms with Crippen molar-refractivity contribution in [3.8, 4) is 5.75 Å². The maximum Gasteiger partial charge on any atom is 0.124 e. The zero-order valence-corrected chi connectivity index (χ0v) is 10.7. The molecule has 0 aliphatic heterocycles. The topological polar surface area (TPSA) is 35.2 Å². The van der Waals surface area contributed by atoms with Crippen LogP contribution in [0.15, 0.2) is 18.2 Å². The van der Waals surface area contributed by atoms with Gasteiger partial charge in [-0.25, -0.2) is 0 Å². The minimum atomic E-state index is 0.589. The van der Waals surface area contributed by atoms with Crippen LogP contribution in [-0.4, -0.2) is 7.11 Å². The van der Waals surface area contributed by atoms with Gasteiger partial charge in [0, 0.05) is 11.3 Å². The number of anilines is 1. The highest BCUT2D eigenvalue weighted by Crippen LogP contribution is 2.39. The number of benzene rings is 1. The molecule has 2 N–H and O–H groups in total. The van der Waals surface area contributed by atoms with Gasteiger partial charge in [-0.3, -0.25) is 0 Å². The van der Waals surface area contributed by atoms with Crippen molar-refractivity contribution in [1.82, 2.24) is 0 Å². The van der Waals surface area contributed by atoms with Crippen LogP contribution >= 0.6 is 0 Å². The third-order valence-corrected chi connectivity index (χ3v) is 3.83. The summed E-state index contributed by atoms with van der Waals surface area (Å²) < 4.78 is 5.47. The molecular weight excluding hydrogens is 210 g/mol. The van der Waals surface area contributed by atoms with Gasteiger partial charge >= 0.3 is 0 Å². The van der Waals surface area contributed by atoms with Crippen LogP contribution in [0.25, 0.3) is 0 Å². The van der Waals surface area contributed by atoms with E-state index in [1.54, 1.807) is 7.11 Å². The molecule has 0 amide bonds. The molecule has 2 heteroatoms. The highest BCUT2D eigenvalue weighted by atomic mass is 16.5. The number of hydrogen-bond acceptors (Lipinski definition) is 2. The van der Waals surface area contributed by atoms with Crippen LogP contribution in [0.1, 0.15) is 56.4 Å². The van der Waals surface area contributed by atoms with Crippen LogP contribution in [0, 0.1) is 0 Å². The second kappa shape index (κ2) is 5.95. The van der Waals surface area contributed by atoms with Crippen LogP contribution in [0.5, 0.6) is 5.75 Å². The Morgan fingerprint density at radius 3 is 2.35 bits per heavy atom. The smallest absolute Gasteiger partial charge is 0.124 e. The SMILES string of the molecule is COc1cccc(N)c1C1CCCCCCC1. The first-order valence-corrected chi connectivity index (χ1v) is 6.75. The van der Waals surface area contributed by atoms with E-state index in [0.29, 0.717) is 5.92 Å². The van der Waals surface area contributed by atoms with Crippen molar-refractivity contribution < 1.29 is 4.74 Å². The third-order valence-electron chi connectivity index (χ3n) is 3.83. The number of ether oxygens (including phenoxy) is 1. The van der Waals surface area contributed by atoms with Gasteiger partial charge in [0.25, 0.3) is 0 Å². The Morgan fingerprint density at radius 2 is 1.71 bits per heavy atom. The second-order valence-corrected chi connectivity index (χ2v) is 5.01. The van der Waals surface area contributed by atoms with E-state index in [0.717, 1.165) is 11.4 Å². The van der Waals surface area contributed by atoms with E-state index in [4.69, 9.17) is 10.5 Å². The Kier molecular flexibility index (Phi) is 4.29. The van der Waals surface area contributed by atoms with E-state index in [2.05, 4.69) is 0 Å². The molecule has 0 unspecified atom stereocenters. The number of nitrogens with two attached hydrogens (primary N) is 1. The van der Waals surface area contributed by atoms with Crippen molar-refractivity contribution in [3.63, 3.8) is 0 Å². The summed E-state index contributed by atoms with van der Waals surface area (Å²) in [6.07, 6.45) is 9.28. The molecule has 1 aromatic carbocycles. The lowest BCUT2D eigenvalue weighted by Crippen LogP contribution is -2.07. The summed E-state index contributed by atoms with van der Waals surface area (Å²) in [5.41, 5.74) is 8.28. The largest absolute Gasteiger partial charge is 0.496 e. The highest BCUT2D eigenvalue weighted by molar-refractivity contribution is 5.56. The van der Waals surface area contributed by atoms with Crippen molar-refractivity contribution in [3.05, 3.63) is 23.8 Å². The van der Waals surface area contributed by atoms with Gasteiger partial charge in [-0.05, 0) is 30.9 Å². The molecule has 94 valence electrons. The van der Waals surface area contributed by atoms with E-state index < -0.39 is 0 Å². The van der Waals surface area contributed by atoms with E-state index >= 15 is 0 Å². The average molecular weight is 233 g/mol. The Labute approximate surface area is 104 Å².